The SMILES string of the molecule is Cc1ccc2c(c1)OCCOCCOc1cc(C(C)(C)C)ccc1OCCOCCO2. The van der Waals surface area contributed by atoms with E-state index in [4.69, 9.17) is 28.4 Å². The van der Waals surface area contributed by atoms with Gasteiger partial charge in [0.25, 0.3) is 0 Å². The largest absolute Gasteiger partial charge is 0.487 e. The number of hydrogen-bond donors (Lipinski definition) is 0. The van der Waals surface area contributed by atoms with Gasteiger partial charge in [-0.05, 0) is 47.7 Å². The maximum absolute atomic E-state index is 5.99. The van der Waals surface area contributed by atoms with Crippen LogP contribution >= 0.6 is 0 Å². The van der Waals surface area contributed by atoms with Crippen LogP contribution in [-0.2, 0) is 14.9 Å². The number of hydrogen-bond acceptors (Lipinski definition) is 6. The molecule has 6 heteroatoms. The molecule has 1 heterocycles. The summed E-state index contributed by atoms with van der Waals surface area (Å²) in [4.78, 5) is 0. The summed E-state index contributed by atoms with van der Waals surface area (Å²) in [5, 5.41) is 0. The Morgan fingerprint density at radius 1 is 0.548 bits per heavy atom. The van der Waals surface area contributed by atoms with Gasteiger partial charge in [0.15, 0.2) is 23.0 Å². The second-order valence-corrected chi connectivity index (χ2v) is 8.48. The van der Waals surface area contributed by atoms with Crippen molar-refractivity contribution < 1.29 is 28.4 Å². The summed E-state index contributed by atoms with van der Waals surface area (Å²) in [7, 11) is 0. The van der Waals surface area contributed by atoms with Crippen molar-refractivity contribution in [3.05, 3.63) is 47.5 Å². The lowest BCUT2D eigenvalue weighted by atomic mass is 9.87. The minimum atomic E-state index is 0.0238. The summed E-state index contributed by atoms with van der Waals surface area (Å²) in [6, 6.07) is 12.0. The summed E-state index contributed by atoms with van der Waals surface area (Å²) in [6.07, 6.45) is 0. The first-order valence-electron chi connectivity index (χ1n) is 10.9. The molecule has 0 bridgehead atoms. The average Bonchev–Trinajstić information content (AvgIpc) is 2.73. The van der Waals surface area contributed by atoms with E-state index in [1.54, 1.807) is 0 Å². The topological polar surface area (TPSA) is 55.4 Å². The van der Waals surface area contributed by atoms with E-state index in [-0.39, 0.29) is 5.41 Å². The maximum atomic E-state index is 5.99. The summed E-state index contributed by atoms with van der Waals surface area (Å²) < 4.78 is 35.0. The van der Waals surface area contributed by atoms with Crippen LogP contribution in [0.15, 0.2) is 36.4 Å². The van der Waals surface area contributed by atoms with Gasteiger partial charge in [0, 0.05) is 0 Å². The second-order valence-electron chi connectivity index (χ2n) is 8.48. The van der Waals surface area contributed by atoms with Crippen molar-refractivity contribution in [3.63, 3.8) is 0 Å². The van der Waals surface area contributed by atoms with Gasteiger partial charge in [-0.25, -0.2) is 0 Å². The van der Waals surface area contributed by atoms with Gasteiger partial charge in [-0.2, -0.15) is 0 Å². The molecule has 0 fully saturated rings. The lowest BCUT2D eigenvalue weighted by Crippen LogP contribution is -2.16. The zero-order valence-electron chi connectivity index (χ0n) is 19.1. The molecule has 0 spiro atoms. The van der Waals surface area contributed by atoms with Crippen LogP contribution in [0.5, 0.6) is 23.0 Å². The fraction of sp³-hybridized carbons (Fsp3) is 0.520. The normalized spacial score (nSPS) is 16.8. The Hall–Kier alpha value is -2.44. The van der Waals surface area contributed by atoms with Crippen LogP contribution in [0.3, 0.4) is 0 Å². The molecular formula is C25H34O6. The lowest BCUT2D eigenvalue weighted by Gasteiger charge is -2.21. The monoisotopic (exact) mass is 430 g/mol. The molecule has 0 N–H and O–H groups in total. The minimum absolute atomic E-state index is 0.0238. The van der Waals surface area contributed by atoms with E-state index in [2.05, 4.69) is 26.8 Å². The lowest BCUT2D eigenvalue weighted by molar-refractivity contribution is 0.0639. The zero-order chi connectivity index (χ0) is 22.1. The third kappa shape index (κ3) is 7.33. The molecule has 0 amide bonds. The minimum Gasteiger partial charge on any atom is -0.487 e. The van der Waals surface area contributed by atoms with E-state index >= 15 is 0 Å². The fourth-order valence-corrected chi connectivity index (χ4v) is 3.10. The van der Waals surface area contributed by atoms with Crippen molar-refractivity contribution in [2.24, 2.45) is 0 Å². The van der Waals surface area contributed by atoms with Crippen LogP contribution in [0.1, 0.15) is 31.9 Å². The highest BCUT2D eigenvalue weighted by atomic mass is 16.6. The Bertz CT molecular complexity index is 827. The Kier molecular flexibility index (Phi) is 8.43. The van der Waals surface area contributed by atoms with E-state index in [0.29, 0.717) is 70.1 Å². The van der Waals surface area contributed by atoms with Gasteiger partial charge >= 0.3 is 0 Å². The first-order valence-corrected chi connectivity index (χ1v) is 10.9. The predicted octanol–water partition coefficient (Wildman–Crippen LogP) is 4.55. The van der Waals surface area contributed by atoms with Crippen molar-refractivity contribution in [3.8, 4) is 23.0 Å². The van der Waals surface area contributed by atoms with Gasteiger partial charge in [0.05, 0.1) is 26.4 Å². The first-order chi connectivity index (χ1) is 14.9. The molecule has 0 atom stereocenters. The van der Waals surface area contributed by atoms with Crippen molar-refractivity contribution in [2.75, 3.05) is 52.9 Å². The Morgan fingerprint density at radius 2 is 1.00 bits per heavy atom. The molecule has 3 rings (SSSR count). The molecule has 6 nitrogen and oxygen atoms in total. The highest BCUT2D eigenvalue weighted by Gasteiger charge is 2.17. The Balaban J connectivity index is 1.64. The summed E-state index contributed by atoms with van der Waals surface area (Å²) in [5.41, 5.74) is 2.32. The maximum Gasteiger partial charge on any atom is 0.161 e. The molecule has 2 aromatic rings. The molecule has 1 aliphatic rings. The number of ether oxygens (including phenoxy) is 6. The van der Waals surface area contributed by atoms with E-state index in [1.807, 2.05) is 37.3 Å². The molecule has 170 valence electrons. The number of benzene rings is 2. The van der Waals surface area contributed by atoms with E-state index in [9.17, 15) is 0 Å². The first kappa shape index (κ1) is 23.2. The van der Waals surface area contributed by atoms with Gasteiger partial charge in [0.2, 0.25) is 0 Å². The van der Waals surface area contributed by atoms with Gasteiger partial charge in [-0.15, -0.1) is 0 Å². The van der Waals surface area contributed by atoms with Gasteiger partial charge in [-0.3, -0.25) is 0 Å². The Morgan fingerprint density at radius 3 is 1.52 bits per heavy atom. The molecular weight excluding hydrogens is 396 g/mol. The van der Waals surface area contributed by atoms with Crippen LogP contribution in [0.4, 0.5) is 0 Å². The molecule has 0 radical (unpaired) electrons. The smallest absolute Gasteiger partial charge is 0.161 e. The molecule has 0 saturated carbocycles. The highest BCUT2D eigenvalue weighted by Crippen LogP contribution is 2.33. The molecule has 31 heavy (non-hydrogen) atoms. The number of rotatable bonds is 0. The third-order valence-corrected chi connectivity index (χ3v) is 4.85. The van der Waals surface area contributed by atoms with Crippen LogP contribution < -0.4 is 18.9 Å². The van der Waals surface area contributed by atoms with E-state index in [1.165, 1.54) is 5.56 Å². The van der Waals surface area contributed by atoms with Crippen LogP contribution in [0.2, 0.25) is 0 Å². The van der Waals surface area contributed by atoms with Gasteiger partial charge in [0.1, 0.15) is 26.4 Å². The quantitative estimate of drug-likeness (QED) is 0.611. The van der Waals surface area contributed by atoms with E-state index in [0.717, 1.165) is 11.3 Å². The number of fused-ring (bicyclic) bond motifs is 2. The molecule has 0 unspecified atom stereocenters. The summed E-state index contributed by atoms with van der Waals surface area (Å²) in [5.74, 6) is 2.86. The van der Waals surface area contributed by atoms with Gasteiger partial charge in [-0.1, -0.05) is 32.9 Å². The zero-order valence-corrected chi connectivity index (χ0v) is 19.1. The molecule has 0 aliphatic carbocycles. The fourth-order valence-electron chi connectivity index (χ4n) is 3.10. The highest BCUT2D eigenvalue weighted by molar-refractivity contribution is 5.45. The second kappa shape index (κ2) is 11.3. The van der Waals surface area contributed by atoms with Crippen molar-refractivity contribution in [2.45, 2.75) is 33.1 Å². The predicted molar refractivity (Wildman–Crippen MR) is 120 cm³/mol. The molecule has 0 saturated heterocycles. The van der Waals surface area contributed by atoms with Crippen molar-refractivity contribution in [1.82, 2.24) is 0 Å². The summed E-state index contributed by atoms with van der Waals surface area (Å²) in [6.45, 7) is 12.1. The van der Waals surface area contributed by atoms with Crippen molar-refractivity contribution in [1.29, 1.82) is 0 Å². The Labute approximate surface area is 185 Å². The molecule has 0 aromatic heterocycles. The third-order valence-electron chi connectivity index (χ3n) is 4.85. The van der Waals surface area contributed by atoms with Crippen molar-refractivity contribution >= 4 is 0 Å². The molecule has 2 aromatic carbocycles. The molecule has 1 aliphatic heterocycles. The standard InChI is InChI=1S/C25H34O6/c1-19-5-7-21-23(17-19)30-15-11-27-12-16-31-24-18-20(25(2,3)4)6-8-22(24)29-14-10-26-9-13-28-21/h5-8,17-18H,9-16H2,1-4H3. The van der Waals surface area contributed by atoms with Crippen LogP contribution in [0, 0.1) is 6.92 Å². The van der Waals surface area contributed by atoms with Gasteiger partial charge < -0.3 is 28.4 Å². The average molecular weight is 431 g/mol. The summed E-state index contributed by atoms with van der Waals surface area (Å²) >= 11 is 0. The van der Waals surface area contributed by atoms with E-state index < -0.39 is 0 Å². The van der Waals surface area contributed by atoms with Crippen LogP contribution in [0.25, 0.3) is 0 Å². The van der Waals surface area contributed by atoms with Crippen LogP contribution in [-0.4, -0.2) is 52.9 Å². The number of aryl methyl sites for hydroxylation is 1.